The maximum atomic E-state index is 12.9. The SMILES string of the molecule is C=C1CC[C@H](OC(C)=O)[C@]2(C)C([C@H](OC(C)=O)[C@]3(O)[C@@H](C)C(=O)O[C@H]3C1Cl)[C@]1(C)O[C@@H]1C[C@@H]2OC(C)=O. The maximum Gasteiger partial charge on any atom is 0.312 e. The van der Waals surface area contributed by atoms with E-state index < -0.39 is 88.2 Å². The van der Waals surface area contributed by atoms with Gasteiger partial charge in [0.15, 0.2) is 11.7 Å². The van der Waals surface area contributed by atoms with Gasteiger partial charge in [-0.2, -0.15) is 0 Å². The molecule has 0 bridgehead atoms. The molecule has 2 saturated heterocycles. The standard InChI is InChI=1S/C26H35ClO10/c1-11-8-9-16(33-13(3)28)24(6)17(34-14(4)29)10-18-25(7,37-18)20(24)22(35-15(5)30)26(32)12(2)23(31)36-21(26)19(11)27/h12,16-22,32H,1,8-10H2,2-7H3/t12-,16-,17-,18+,19?,20?,21-,22-,24-,25+,26-/m0/s1. The van der Waals surface area contributed by atoms with Gasteiger partial charge < -0.3 is 28.8 Å². The van der Waals surface area contributed by atoms with Crippen LogP contribution in [0.3, 0.4) is 0 Å². The Morgan fingerprint density at radius 3 is 2.19 bits per heavy atom. The van der Waals surface area contributed by atoms with Gasteiger partial charge in [-0.25, -0.2) is 0 Å². The van der Waals surface area contributed by atoms with Gasteiger partial charge in [0.25, 0.3) is 0 Å². The third-order valence-corrected chi connectivity index (χ3v) is 9.42. The summed E-state index contributed by atoms with van der Waals surface area (Å²) in [7, 11) is 0. The van der Waals surface area contributed by atoms with E-state index >= 15 is 0 Å². The second-order valence-electron chi connectivity index (χ2n) is 11.2. The lowest BCUT2D eigenvalue weighted by Crippen LogP contribution is -2.70. The summed E-state index contributed by atoms with van der Waals surface area (Å²) >= 11 is 6.75. The monoisotopic (exact) mass is 542 g/mol. The van der Waals surface area contributed by atoms with Crippen molar-refractivity contribution in [2.24, 2.45) is 17.3 Å². The number of hydrogen-bond donors (Lipinski definition) is 1. The number of ether oxygens (including phenoxy) is 5. The Hall–Kier alpha value is -2.17. The van der Waals surface area contributed by atoms with E-state index in [-0.39, 0.29) is 12.8 Å². The molecule has 4 rings (SSSR count). The van der Waals surface area contributed by atoms with E-state index in [1.165, 1.54) is 27.7 Å². The summed E-state index contributed by atoms with van der Waals surface area (Å²) < 4.78 is 29.3. The molecule has 2 unspecified atom stereocenters. The summed E-state index contributed by atoms with van der Waals surface area (Å²) in [6.07, 6.45) is -3.96. The molecule has 0 aromatic heterocycles. The minimum atomic E-state index is -2.10. The van der Waals surface area contributed by atoms with Crippen LogP contribution in [-0.2, 0) is 42.9 Å². The molecule has 206 valence electrons. The fraction of sp³-hybridized carbons (Fsp3) is 0.769. The molecule has 1 N–H and O–H groups in total. The zero-order valence-corrected chi connectivity index (χ0v) is 22.7. The molecular weight excluding hydrogens is 508 g/mol. The molecule has 0 amide bonds. The summed E-state index contributed by atoms with van der Waals surface area (Å²) in [5.74, 6) is -4.56. The largest absolute Gasteiger partial charge is 0.462 e. The molecule has 0 spiro atoms. The van der Waals surface area contributed by atoms with Crippen LogP contribution in [-0.4, -0.2) is 76.1 Å². The fourth-order valence-electron chi connectivity index (χ4n) is 6.94. The predicted octanol–water partition coefficient (Wildman–Crippen LogP) is 2.22. The molecule has 37 heavy (non-hydrogen) atoms. The third-order valence-electron chi connectivity index (χ3n) is 8.88. The molecule has 2 aliphatic heterocycles. The number of aliphatic hydroxyl groups is 1. The number of carbonyl (C=O) groups is 4. The zero-order valence-electron chi connectivity index (χ0n) is 21.9. The number of rotatable bonds is 3. The quantitative estimate of drug-likeness (QED) is 0.186. The van der Waals surface area contributed by atoms with E-state index in [9.17, 15) is 24.3 Å². The molecule has 11 atom stereocenters. The van der Waals surface area contributed by atoms with Gasteiger partial charge in [-0.1, -0.05) is 19.1 Å². The molecule has 2 aliphatic carbocycles. The van der Waals surface area contributed by atoms with E-state index in [1.807, 2.05) is 6.92 Å². The van der Waals surface area contributed by atoms with Crippen molar-refractivity contribution >= 4 is 35.5 Å². The topological polar surface area (TPSA) is 138 Å². The van der Waals surface area contributed by atoms with Crippen LogP contribution in [0.4, 0.5) is 0 Å². The van der Waals surface area contributed by atoms with Crippen molar-refractivity contribution in [3.8, 4) is 0 Å². The average molecular weight is 543 g/mol. The van der Waals surface area contributed by atoms with Crippen LogP contribution in [0.15, 0.2) is 12.2 Å². The van der Waals surface area contributed by atoms with Gasteiger partial charge in [0.05, 0.1) is 28.4 Å². The normalized spacial score (nSPS) is 46.9. The Kier molecular flexibility index (Phi) is 6.95. The van der Waals surface area contributed by atoms with Crippen molar-refractivity contribution in [2.45, 2.75) is 108 Å². The second-order valence-corrected chi connectivity index (χ2v) is 11.6. The number of hydrogen-bond acceptors (Lipinski definition) is 10. The Bertz CT molecular complexity index is 1030. The maximum absolute atomic E-state index is 12.9. The van der Waals surface area contributed by atoms with Crippen molar-refractivity contribution in [1.82, 2.24) is 0 Å². The highest BCUT2D eigenvalue weighted by Gasteiger charge is 2.78. The molecule has 2 saturated carbocycles. The second kappa shape index (κ2) is 9.24. The molecule has 4 aliphatic rings. The Balaban J connectivity index is 2.01. The smallest absolute Gasteiger partial charge is 0.312 e. The van der Waals surface area contributed by atoms with E-state index in [2.05, 4.69) is 6.58 Å². The highest BCUT2D eigenvalue weighted by atomic mass is 35.5. The average Bonchev–Trinajstić information content (AvgIpc) is 3.39. The number of carbonyl (C=O) groups excluding carboxylic acids is 4. The van der Waals surface area contributed by atoms with Crippen molar-refractivity contribution in [1.29, 1.82) is 0 Å². The van der Waals surface area contributed by atoms with Gasteiger partial charge in [-0.15, -0.1) is 11.6 Å². The first kappa shape index (κ1) is 27.9. The zero-order chi connectivity index (χ0) is 27.7. The number of esters is 4. The molecule has 4 fully saturated rings. The van der Waals surface area contributed by atoms with Crippen molar-refractivity contribution in [3.63, 3.8) is 0 Å². The van der Waals surface area contributed by atoms with E-state index in [4.69, 9.17) is 35.3 Å². The van der Waals surface area contributed by atoms with Crippen molar-refractivity contribution in [2.75, 3.05) is 0 Å². The molecule has 0 aromatic carbocycles. The van der Waals surface area contributed by atoms with Crippen molar-refractivity contribution in [3.05, 3.63) is 12.2 Å². The van der Waals surface area contributed by atoms with E-state index in [0.717, 1.165) is 0 Å². The molecule has 11 heteroatoms. The van der Waals surface area contributed by atoms with Gasteiger partial charge in [0.2, 0.25) is 0 Å². The lowest BCUT2D eigenvalue weighted by atomic mass is 9.53. The fourth-order valence-corrected chi connectivity index (χ4v) is 7.30. The summed E-state index contributed by atoms with van der Waals surface area (Å²) in [6, 6.07) is 0. The Morgan fingerprint density at radius 2 is 1.62 bits per heavy atom. The summed E-state index contributed by atoms with van der Waals surface area (Å²) in [4.78, 5) is 50.0. The lowest BCUT2D eigenvalue weighted by Gasteiger charge is -2.56. The molecule has 10 nitrogen and oxygen atoms in total. The van der Waals surface area contributed by atoms with E-state index in [0.29, 0.717) is 12.0 Å². The highest BCUT2D eigenvalue weighted by molar-refractivity contribution is 6.23. The highest BCUT2D eigenvalue weighted by Crippen LogP contribution is 2.65. The molecule has 0 radical (unpaired) electrons. The van der Waals surface area contributed by atoms with E-state index in [1.54, 1.807) is 6.92 Å². The summed E-state index contributed by atoms with van der Waals surface area (Å²) in [6.45, 7) is 12.9. The first-order valence-corrected chi connectivity index (χ1v) is 13.0. The van der Waals surface area contributed by atoms with Gasteiger partial charge in [-0.05, 0) is 26.7 Å². The van der Waals surface area contributed by atoms with Gasteiger partial charge >= 0.3 is 23.9 Å². The molecular formula is C26H35ClO10. The van der Waals surface area contributed by atoms with Crippen LogP contribution < -0.4 is 0 Å². The number of fused-ring (bicyclic) bond motifs is 4. The number of epoxide rings is 1. The van der Waals surface area contributed by atoms with Crippen LogP contribution >= 0.6 is 11.6 Å². The van der Waals surface area contributed by atoms with Crippen LogP contribution in [0.2, 0.25) is 0 Å². The predicted molar refractivity (Wildman–Crippen MR) is 128 cm³/mol. The lowest BCUT2D eigenvalue weighted by molar-refractivity contribution is -0.236. The Morgan fingerprint density at radius 1 is 1.05 bits per heavy atom. The molecule has 2 heterocycles. The number of alkyl halides is 1. The Labute approximate surface area is 220 Å². The van der Waals surface area contributed by atoms with Gasteiger partial charge in [-0.3, -0.25) is 19.2 Å². The third kappa shape index (κ3) is 4.25. The van der Waals surface area contributed by atoms with Crippen LogP contribution in [0.25, 0.3) is 0 Å². The summed E-state index contributed by atoms with van der Waals surface area (Å²) in [5, 5.41) is 11.4. The minimum Gasteiger partial charge on any atom is -0.462 e. The van der Waals surface area contributed by atoms with Crippen LogP contribution in [0.1, 0.15) is 60.8 Å². The first-order valence-electron chi connectivity index (χ1n) is 12.5. The van der Waals surface area contributed by atoms with Crippen LogP contribution in [0.5, 0.6) is 0 Å². The minimum absolute atomic E-state index is 0.245. The first-order chi connectivity index (χ1) is 17.1. The van der Waals surface area contributed by atoms with Crippen molar-refractivity contribution < 1.29 is 48.0 Å². The number of halogens is 1. The summed E-state index contributed by atoms with van der Waals surface area (Å²) in [5.41, 5.74) is -3.84. The molecule has 0 aromatic rings. The van der Waals surface area contributed by atoms with Gasteiger partial charge in [0.1, 0.15) is 18.3 Å². The van der Waals surface area contributed by atoms with Crippen LogP contribution in [0, 0.1) is 17.3 Å². The van der Waals surface area contributed by atoms with Gasteiger partial charge in [0, 0.05) is 33.1 Å².